The van der Waals surface area contributed by atoms with Crippen LogP contribution in [0.15, 0.2) is 30.4 Å². The summed E-state index contributed by atoms with van der Waals surface area (Å²) in [6.45, 7) is 3.96. The molecule has 1 aliphatic carbocycles. The van der Waals surface area contributed by atoms with Gasteiger partial charge in [-0.25, -0.2) is 4.39 Å². The molecule has 3 nitrogen and oxygen atoms in total. The zero-order chi connectivity index (χ0) is 15.1. The first-order valence-corrected chi connectivity index (χ1v) is 7.57. The SMILES string of the molecule is Cc1ccc(C(=O)NCCNCC2CC=CCC2)cc1F. The summed E-state index contributed by atoms with van der Waals surface area (Å²) in [7, 11) is 0. The second kappa shape index (κ2) is 7.93. The summed E-state index contributed by atoms with van der Waals surface area (Å²) in [5.74, 6) is 0.138. The first kappa shape index (κ1) is 15.7. The van der Waals surface area contributed by atoms with Gasteiger partial charge in [-0.3, -0.25) is 4.79 Å². The van der Waals surface area contributed by atoms with Gasteiger partial charge in [0.1, 0.15) is 5.82 Å². The van der Waals surface area contributed by atoms with E-state index in [0.29, 0.717) is 23.6 Å². The Balaban J connectivity index is 1.64. The van der Waals surface area contributed by atoms with Gasteiger partial charge in [0, 0.05) is 18.7 Å². The van der Waals surface area contributed by atoms with Gasteiger partial charge in [-0.1, -0.05) is 18.2 Å². The molecule has 0 aromatic heterocycles. The molecular formula is C17H23FN2O. The number of halogens is 1. The molecule has 0 heterocycles. The lowest BCUT2D eigenvalue weighted by Gasteiger charge is -2.18. The number of amides is 1. The molecule has 0 aliphatic heterocycles. The lowest BCUT2D eigenvalue weighted by Crippen LogP contribution is -2.34. The highest BCUT2D eigenvalue weighted by molar-refractivity contribution is 5.94. The summed E-state index contributed by atoms with van der Waals surface area (Å²) >= 11 is 0. The Bertz CT molecular complexity index is 514. The van der Waals surface area contributed by atoms with E-state index in [2.05, 4.69) is 22.8 Å². The van der Waals surface area contributed by atoms with Gasteiger partial charge in [0.2, 0.25) is 0 Å². The van der Waals surface area contributed by atoms with Crippen LogP contribution in [0.4, 0.5) is 4.39 Å². The number of rotatable bonds is 6. The minimum absolute atomic E-state index is 0.226. The van der Waals surface area contributed by atoms with Crippen LogP contribution in [0, 0.1) is 18.7 Å². The predicted molar refractivity (Wildman–Crippen MR) is 82.8 cm³/mol. The summed E-state index contributed by atoms with van der Waals surface area (Å²) in [6, 6.07) is 4.56. The van der Waals surface area contributed by atoms with Crippen molar-refractivity contribution in [2.75, 3.05) is 19.6 Å². The number of benzene rings is 1. The largest absolute Gasteiger partial charge is 0.351 e. The minimum atomic E-state index is -0.342. The van der Waals surface area contributed by atoms with Gasteiger partial charge in [-0.15, -0.1) is 0 Å². The Hall–Kier alpha value is -1.68. The van der Waals surface area contributed by atoms with Gasteiger partial charge in [-0.05, 0) is 56.3 Å². The van der Waals surface area contributed by atoms with E-state index in [4.69, 9.17) is 0 Å². The highest BCUT2D eigenvalue weighted by Crippen LogP contribution is 2.16. The third kappa shape index (κ3) is 4.97. The number of hydrogen-bond donors (Lipinski definition) is 2. The maximum Gasteiger partial charge on any atom is 0.251 e. The van der Waals surface area contributed by atoms with Crippen LogP contribution < -0.4 is 10.6 Å². The maximum absolute atomic E-state index is 13.4. The lowest BCUT2D eigenvalue weighted by molar-refractivity contribution is 0.0953. The summed E-state index contributed by atoms with van der Waals surface area (Å²) in [5, 5.41) is 6.16. The van der Waals surface area contributed by atoms with E-state index in [0.717, 1.165) is 19.5 Å². The number of nitrogens with one attached hydrogen (secondary N) is 2. The molecule has 1 aromatic carbocycles. The highest BCUT2D eigenvalue weighted by atomic mass is 19.1. The quantitative estimate of drug-likeness (QED) is 0.625. The summed E-state index contributed by atoms with van der Waals surface area (Å²) < 4.78 is 13.4. The molecule has 1 amide bonds. The molecule has 0 radical (unpaired) electrons. The van der Waals surface area contributed by atoms with Gasteiger partial charge in [0.15, 0.2) is 0 Å². The summed E-state index contributed by atoms with van der Waals surface area (Å²) in [4.78, 5) is 11.9. The van der Waals surface area contributed by atoms with Crippen LogP contribution in [0.5, 0.6) is 0 Å². The first-order valence-electron chi connectivity index (χ1n) is 7.57. The monoisotopic (exact) mass is 290 g/mol. The smallest absolute Gasteiger partial charge is 0.251 e. The van der Waals surface area contributed by atoms with E-state index < -0.39 is 0 Å². The number of carbonyl (C=O) groups is 1. The molecule has 0 saturated carbocycles. The fourth-order valence-corrected chi connectivity index (χ4v) is 2.45. The van der Waals surface area contributed by atoms with Crippen molar-refractivity contribution in [3.63, 3.8) is 0 Å². The second-order valence-corrected chi connectivity index (χ2v) is 5.57. The van der Waals surface area contributed by atoms with Gasteiger partial charge in [-0.2, -0.15) is 0 Å². The van der Waals surface area contributed by atoms with Crippen molar-refractivity contribution in [1.29, 1.82) is 0 Å². The van der Waals surface area contributed by atoms with Crippen LogP contribution in [0.1, 0.15) is 35.2 Å². The predicted octanol–water partition coefficient (Wildman–Crippen LogP) is 2.81. The zero-order valence-corrected chi connectivity index (χ0v) is 12.5. The van der Waals surface area contributed by atoms with E-state index in [9.17, 15) is 9.18 Å². The molecule has 0 bridgehead atoms. The standard InChI is InChI=1S/C17H23FN2O/c1-13-7-8-15(11-16(13)18)17(21)20-10-9-19-12-14-5-3-2-4-6-14/h2-3,7-8,11,14,19H,4-6,9-10,12H2,1H3,(H,20,21). The fraction of sp³-hybridized carbons (Fsp3) is 0.471. The highest BCUT2D eigenvalue weighted by Gasteiger charge is 2.09. The van der Waals surface area contributed by atoms with Gasteiger partial charge in [0.25, 0.3) is 5.91 Å². The van der Waals surface area contributed by atoms with Crippen LogP contribution in [0.25, 0.3) is 0 Å². The Kier molecular flexibility index (Phi) is 5.93. The van der Waals surface area contributed by atoms with Crippen molar-refractivity contribution in [2.24, 2.45) is 5.92 Å². The average Bonchev–Trinajstić information content (AvgIpc) is 2.50. The van der Waals surface area contributed by atoms with Crippen LogP contribution in [-0.4, -0.2) is 25.5 Å². The second-order valence-electron chi connectivity index (χ2n) is 5.57. The fourth-order valence-electron chi connectivity index (χ4n) is 2.45. The van der Waals surface area contributed by atoms with E-state index in [1.807, 2.05) is 0 Å². The number of allylic oxidation sites excluding steroid dienone is 2. The zero-order valence-electron chi connectivity index (χ0n) is 12.5. The Morgan fingerprint density at radius 3 is 2.90 bits per heavy atom. The molecular weight excluding hydrogens is 267 g/mol. The molecule has 0 spiro atoms. The van der Waals surface area contributed by atoms with Crippen LogP contribution >= 0.6 is 0 Å². The van der Waals surface area contributed by atoms with E-state index in [-0.39, 0.29) is 11.7 Å². The van der Waals surface area contributed by atoms with Crippen LogP contribution in [0.2, 0.25) is 0 Å². The Morgan fingerprint density at radius 1 is 1.33 bits per heavy atom. The number of hydrogen-bond acceptors (Lipinski definition) is 2. The first-order chi connectivity index (χ1) is 10.2. The van der Waals surface area contributed by atoms with E-state index >= 15 is 0 Å². The molecule has 1 aromatic rings. The van der Waals surface area contributed by atoms with Gasteiger partial charge in [0.05, 0.1) is 0 Å². The van der Waals surface area contributed by atoms with E-state index in [1.54, 1.807) is 19.1 Å². The van der Waals surface area contributed by atoms with Gasteiger partial charge >= 0.3 is 0 Å². The molecule has 0 saturated heterocycles. The number of carbonyl (C=O) groups excluding carboxylic acids is 1. The van der Waals surface area contributed by atoms with Crippen molar-refractivity contribution in [3.05, 3.63) is 47.3 Å². The van der Waals surface area contributed by atoms with Crippen LogP contribution in [-0.2, 0) is 0 Å². The van der Waals surface area contributed by atoms with Crippen LogP contribution in [0.3, 0.4) is 0 Å². The number of aryl methyl sites for hydroxylation is 1. The minimum Gasteiger partial charge on any atom is -0.351 e. The van der Waals surface area contributed by atoms with Crippen molar-refractivity contribution in [3.8, 4) is 0 Å². The third-order valence-electron chi connectivity index (χ3n) is 3.83. The topological polar surface area (TPSA) is 41.1 Å². The molecule has 2 rings (SSSR count). The van der Waals surface area contributed by atoms with Crippen molar-refractivity contribution >= 4 is 5.91 Å². The summed E-state index contributed by atoms with van der Waals surface area (Å²) in [6.07, 6.45) is 8.02. The van der Waals surface area contributed by atoms with Crippen molar-refractivity contribution < 1.29 is 9.18 Å². The molecule has 114 valence electrons. The normalized spacial score (nSPS) is 17.7. The molecule has 1 aliphatic rings. The van der Waals surface area contributed by atoms with Crippen molar-refractivity contribution in [1.82, 2.24) is 10.6 Å². The molecule has 4 heteroatoms. The Labute approximate surface area is 125 Å². The third-order valence-corrected chi connectivity index (χ3v) is 3.83. The van der Waals surface area contributed by atoms with Gasteiger partial charge < -0.3 is 10.6 Å². The Morgan fingerprint density at radius 2 is 2.19 bits per heavy atom. The maximum atomic E-state index is 13.4. The molecule has 2 N–H and O–H groups in total. The molecule has 1 atom stereocenters. The molecule has 0 fully saturated rings. The van der Waals surface area contributed by atoms with Crippen molar-refractivity contribution in [2.45, 2.75) is 26.2 Å². The average molecular weight is 290 g/mol. The van der Waals surface area contributed by atoms with E-state index in [1.165, 1.54) is 18.9 Å². The lowest BCUT2D eigenvalue weighted by atomic mass is 9.94. The summed E-state index contributed by atoms with van der Waals surface area (Å²) in [5.41, 5.74) is 0.922. The molecule has 21 heavy (non-hydrogen) atoms. The molecule has 1 unspecified atom stereocenters.